The minimum absolute atomic E-state index is 0.0204. The van der Waals surface area contributed by atoms with Gasteiger partial charge >= 0.3 is 0 Å². The van der Waals surface area contributed by atoms with E-state index in [0.29, 0.717) is 12.4 Å². The van der Waals surface area contributed by atoms with E-state index in [0.717, 1.165) is 42.0 Å². The van der Waals surface area contributed by atoms with Crippen molar-refractivity contribution in [1.82, 2.24) is 4.90 Å². The Hall–Kier alpha value is -2.51. The van der Waals surface area contributed by atoms with Crippen LogP contribution in [0, 0.1) is 10.5 Å². The van der Waals surface area contributed by atoms with Crippen LogP contribution in [0.2, 0.25) is 0 Å². The molecule has 0 N–H and O–H groups in total. The van der Waals surface area contributed by atoms with Gasteiger partial charge in [0, 0.05) is 22.2 Å². The molecule has 0 radical (unpaired) electrons. The van der Waals surface area contributed by atoms with Crippen molar-refractivity contribution in [2.75, 3.05) is 18.1 Å². The molecular weight excluding hydrogens is 485 g/mol. The largest absolute Gasteiger partial charge is 0.293 e. The maximum atomic E-state index is 13.4. The smallest absolute Gasteiger partial charge is 0.278 e. The van der Waals surface area contributed by atoms with E-state index in [4.69, 9.17) is 4.99 Å². The number of nitrogens with zero attached hydrogens (tertiary/aromatic N) is 3. The lowest BCUT2D eigenvalue weighted by Crippen LogP contribution is -2.43. The average Bonchev–Trinajstić information content (AvgIpc) is 3.01. The van der Waals surface area contributed by atoms with E-state index in [1.54, 1.807) is 0 Å². The summed E-state index contributed by atoms with van der Waals surface area (Å²) in [7, 11) is 0. The molecule has 3 aromatic carbocycles. The third-order valence-electron chi connectivity index (χ3n) is 5.84. The minimum atomic E-state index is -0.0204. The Morgan fingerprint density at radius 1 is 1.00 bits per heavy atom. The number of benzene rings is 3. The van der Waals surface area contributed by atoms with Crippen molar-refractivity contribution < 1.29 is 4.79 Å². The number of anilines is 1. The molecule has 150 valence electrons. The Kier molecular flexibility index (Phi) is 5.16. The molecule has 0 bridgehead atoms. The summed E-state index contributed by atoms with van der Waals surface area (Å²) in [5.74, 6) is -0.0204. The van der Waals surface area contributed by atoms with Crippen LogP contribution >= 0.6 is 22.6 Å². The summed E-state index contributed by atoms with van der Waals surface area (Å²) in [4.78, 5) is 22.5. The lowest BCUT2D eigenvalue weighted by molar-refractivity contribution is -0.112. The molecule has 3 aromatic rings. The predicted octanol–water partition coefficient (Wildman–Crippen LogP) is 5.08. The predicted molar refractivity (Wildman–Crippen MR) is 129 cm³/mol. The number of hydrogen-bond donors (Lipinski definition) is 0. The highest BCUT2D eigenvalue weighted by Gasteiger charge is 2.35. The van der Waals surface area contributed by atoms with E-state index >= 15 is 0 Å². The third-order valence-corrected chi connectivity index (χ3v) is 6.51. The summed E-state index contributed by atoms with van der Waals surface area (Å²) >= 11 is 2.30. The lowest BCUT2D eigenvalue weighted by Gasteiger charge is -2.32. The van der Waals surface area contributed by atoms with Crippen LogP contribution in [0.4, 0.5) is 11.4 Å². The van der Waals surface area contributed by atoms with Crippen molar-refractivity contribution >= 4 is 45.6 Å². The second kappa shape index (κ2) is 7.96. The number of aryl methyl sites for hydroxylation is 1. The Balaban J connectivity index is 1.46. The molecule has 1 amide bonds. The molecule has 0 spiro atoms. The summed E-state index contributed by atoms with van der Waals surface area (Å²) in [6.07, 6.45) is 1.02. The van der Waals surface area contributed by atoms with Crippen LogP contribution in [0.1, 0.15) is 22.3 Å². The van der Waals surface area contributed by atoms with Crippen LogP contribution in [-0.2, 0) is 17.8 Å². The van der Waals surface area contributed by atoms with Crippen molar-refractivity contribution in [3.63, 3.8) is 0 Å². The second-order valence-electron chi connectivity index (χ2n) is 7.85. The second-order valence-corrected chi connectivity index (χ2v) is 9.10. The van der Waals surface area contributed by atoms with Crippen molar-refractivity contribution in [1.29, 1.82) is 0 Å². The van der Waals surface area contributed by atoms with E-state index in [2.05, 4.69) is 57.8 Å². The van der Waals surface area contributed by atoms with Gasteiger partial charge in [0.05, 0.1) is 18.0 Å². The van der Waals surface area contributed by atoms with Gasteiger partial charge in [-0.3, -0.25) is 14.6 Å². The first-order valence-corrected chi connectivity index (χ1v) is 11.2. The van der Waals surface area contributed by atoms with Gasteiger partial charge in [-0.25, -0.2) is 4.99 Å². The summed E-state index contributed by atoms with van der Waals surface area (Å²) in [5.41, 5.74) is 7.09. The Morgan fingerprint density at radius 2 is 1.77 bits per heavy atom. The van der Waals surface area contributed by atoms with E-state index in [-0.39, 0.29) is 5.91 Å². The van der Waals surface area contributed by atoms with Gasteiger partial charge in [-0.1, -0.05) is 42.5 Å². The van der Waals surface area contributed by atoms with Gasteiger partial charge in [-0.05, 0) is 76.9 Å². The van der Waals surface area contributed by atoms with Crippen LogP contribution in [0.5, 0.6) is 0 Å². The first kappa shape index (κ1) is 19.5. The fourth-order valence-electron chi connectivity index (χ4n) is 4.25. The molecular formula is C25H22IN3O. The van der Waals surface area contributed by atoms with Crippen molar-refractivity contribution in [3.8, 4) is 0 Å². The summed E-state index contributed by atoms with van der Waals surface area (Å²) in [6, 6.07) is 22.7. The van der Waals surface area contributed by atoms with Gasteiger partial charge in [0.1, 0.15) is 5.71 Å². The fraction of sp³-hybridized carbons (Fsp3) is 0.200. The molecule has 2 aliphatic rings. The molecule has 30 heavy (non-hydrogen) atoms. The lowest BCUT2D eigenvalue weighted by atomic mass is 10.0. The highest BCUT2D eigenvalue weighted by atomic mass is 127. The molecule has 5 rings (SSSR count). The van der Waals surface area contributed by atoms with E-state index in [9.17, 15) is 4.79 Å². The van der Waals surface area contributed by atoms with Crippen LogP contribution < -0.4 is 4.90 Å². The molecule has 2 heterocycles. The Morgan fingerprint density at radius 3 is 2.60 bits per heavy atom. The normalized spacial score (nSPS) is 17.3. The molecule has 0 unspecified atom stereocenters. The number of halogens is 1. The molecule has 0 atom stereocenters. The standard InChI is InChI=1S/C25H22IN3O/c1-17-14-20(26)10-11-22(17)27-24-21-8-4-5-9-23(21)29(25(24)30)16-28-13-12-18-6-2-3-7-19(18)15-28/h2-11,14H,12-13,15-16H2,1H3. The number of fused-ring (bicyclic) bond motifs is 2. The molecule has 0 saturated heterocycles. The van der Waals surface area contributed by atoms with Gasteiger partial charge in [0.2, 0.25) is 0 Å². The molecule has 0 aliphatic carbocycles. The van der Waals surface area contributed by atoms with Crippen LogP contribution in [0.3, 0.4) is 0 Å². The average molecular weight is 507 g/mol. The third kappa shape index (κ3) is 3.56. The van der Waals surface area contributed by atoms with Crippen molar-refractivity contribution in [3.05, 3.63) is 92.6 Å². The number of carbonyl (C=O) groups is 1. The number of hydrogen-bond acceptors (Lipinski definition) is 3. The van der Waals surface area contributed by atoms with E-state index < -0.39 is 0 Å². The maximum absolute atomic E-state index is 13.4. The zero-order valence-corrected chi connectivity index (χ0v) is 19.0. The Bertz CT molecular complexity index is 1170. The van der Waals surface area contributed by atoms with Gasteiger partial charge < -0.3 is 0 Å². The quantitative estimate of drug-likeness (QED) is 0.464. The van der Waals surface area contributed by atoms with Crippen LogP contribution in [0.25, 0.3) is 0 Å². The summed E-state index contributed by atoms with van der Waals surface area (Å²) in [6.45, 7) is 4.43. The monoisotopic (exact) mass is 507 g/mol. The van der Waals surface area contributed by atoms with Gasteiger partial charge in [-0.2, -0.15) is 0 Å². The first-order valence-electron chi connectivity index (χ1n) is 10.2. The van der Waals surface area contributed by atoms with Crippen LogP contribution in [-0.4, -0.2) is 29.7 Å². The zero-order chi connectivity index (χ0) is 20.7. The van der Waals surface area contributed by atoms with E-state index in [1.165, 1.54) is 14.7 Å². The first-order chi connectivity index (χ1) is 14.6. The molecule has 4 nitrogen and oxygen atoms in total. The highest BCUT2D eigenvalue weighted by Crippen LogP contribution is 2.32. The van der Waals surface area contributed by atoms with Crippen molar-refractivity contribution in [2.24, 2.45) is 4.99 Å². The van der Waals surface area contributed by atoms with Crippen molar-refractivity contribution in [2.45, 2.75) is 19.9 Å². The van der Waals surface area contributed by atoms with E-state index in [1.807, 2.05) is 48.2 Å². The topological polar surface area (TPSA) is 35.9 Å². The molecule has 0 saturated carbocycles. The van der Waals surface area contributed by atoms with Gasteiger partial charge in [0.25, 0.3) is 5.91 Å². The number of rotatable bonds is 3. The molecule has 2 aliphatic heterocycles. The molecule has 0 aromatic heterocycles. The Labute approximate surface area is 190 Å². The minimum Gasteiger partial charge on any atom is -0.293 e. The maximum Gasteiger partial charge on any atom is 0.278 e. The summed E-state index contributed by atoms with van der Waals surface area (Å²) < 4.78 is 1.17. The highest BCUT2D eigenvalue weighted by molar-refractivity contribution is 14.1. The van der Waals surface area contributed by atoms with Gasteiger partial charge in [-0.15, -0.1) is 0 Å². The number of carbonyl (C=O) groups excluding carboxylic acids is 1. The SMILES string of the molecule is Cc1cc(I)ccc1N=C1C(=O)N(CN2CCc3ccccc3C2)c2ccccc21. The summed E-state index contributed by atoms with van der Waals surface area (Å²) in [5, 5.41) is 0. The van der Waals surface area contributed by atoms with Crippen LogP contribution in [0.15, 0.2) is 71.7 Å². The fourth-order valence-corrected chi connectivity index (χ4v) is 4.90. The molecule has 0 fully saturated rings. The number of para-hydroxylation sites is 1. The number of amides is 1. The van der Waals surface area contributed by atoms with Gasteiger partial charge in [0.15, 0.2) is 0 Å². The zero-order valence-electron chi connectivity index (χ0n) is 16.8. The number of aliphatic imine (C=N–C) groups is 1. The molecule has 5 heteroatoms.